The first-order valence-corrected chi connectivity index (χ1v) is 4.36. The largest absolute Gasteiger partial charge is 0.454 e. The second-order valence-corrected chi connectivity index (χ2v) is 4.11. The van der Waals surface area contributed by atoms with E-state index in [9.17, 15) is 4.79 Å². The summed E-state index contributed by atoms with van der Waals surface area (Å²) in [5.41, 5.74) is 4.38. The number of carbonyl (C=O) groups excluding carboxylic acids is 1. The van der Waals surface area contributed by atoms with Gasteiger partial charge < -0.3 is 4.74 Å². The first-order chi connectivity index (χ1) is 5.88. The van der Waals surface area contributed by atoms with Crippen molar-refractivity contribution in [2.75, 3.05) is 0 Å². The van der Waals surface area contributed by atoms with Gasteiger partial charge in [0, 0.05) is 5.41 Å². The molecule has 13 heavy (non-hydrogen) atoms. The quantitative estimate of drug-likeness (QED) is 0.518. The normalized spacial score (nSPS) is 33.5. The molecule has 0 aromatic heterocycles. The van der Waals surface area contributed by atoms with Crippen molar-refractivity contribution in [3.63, 3.8) is 0 Å². The Morgan fingerprint density at radius 2 is 2.31 bits per heavy atom. The molecule has 0 amide bonds. The van der Waals surface area contributed by atoms with Gasteiger partial charge in [-0.05, 0) is 13.1 Å². The van der Waals surface area contributed by atoms with Gasteiger partial charge in [0.1, 0.15) is 0 Å². The molecular formula is C9H16N2O2. The predicted octanol–water partition coefficient (Wildman–Crippen LogP) is 0.704. The molecule has 1 heterocycles. The Hall–Kier alpha value is -0.900. The highest BCUT2D eigenvalue weighted by molar-refractivity contribution is 5.87. The Labute approximate surface area is 78.2 Å². The summed E-state index contributed by atoms with van der Waals surface area (Å²) >= 11 is 0. The van der Waals surface area contributed by atoms with E-state index in [0.29, 0.717) is 0 Å². The minimum absolute atomic E-state index is 0.149. The monoisotopic (exact) mass is 184 g/mol. The van der Waals surface area contributed by atoms with Crippen molar-refractivity contribution >= 4 is 12.7 Å². The van der Waals surface area contributed by atoms with Crippen molar-refractivity contribution in [1.82, 2.24) is 0 Å². The Balaban J connectivity index is 2.87. The van der Waals surface area contributed by atoms with E-state index in [-0.39, 0.29) is 11.5 Å². The fraction of sp³-hybridized carbons (Fsp3) is 0.778. The van der Waals surface area contributed by atoms with E-state index >= 15 is 0 Å². The standard InChI is InChI=1S/C9H16N2O2/c1-5-8(2,3)6-9(10,11-4)7(12)13-6/h6H,4-5,10H2,1-3H3. The number of cyclic esters (lactones) is 1. The van der Waals surface area contributed by atoms with E-state index in [1.54, 1.807) is 0 Å². The number of esters is 1. The lowest BCUT2D eigenvalue weighted by Gasteiger charge is -2.48. The summed E-state index contributed by atoms with van der Waals surface area (Å²) in [6.45, 7) is 9.34. The number of aliphatic imine (C=N–C) groups is 1. The van der Waals surface area contributed by atoms with Crippen LogP contribution in [0.15, 0.2) is 4.99 Å². The highest BCUT2D eigenvalue weighted by Gasteiger charge is 2.60. The average Bonchev–Trinajstić information content (AvgIpc) is 2.12. The molecule has 0 aliphatic carbocycles. The molecule has 4 nitrogen and oxygen atoms in total. The Morgan fingerprint density at radius 3 is 2.62 bits per heavy atom. The number of nitrogens with two attached hydrogens (primary N) is 1. The van der Waals surface area contributed by atoms with Crippen molar-refractivity contribution < 1.29 is 9.53 Å². The topological polar surface area (TPSA) is 64.7 Å². The zero-order valence-electron chi connectivity index (χ0n) is 8.33. The number of ether oxygens (including phenoxy) is 1. The van der Waals surface area contributed by atoms with Crippen LogP contribution < -0.4 is 5.73 Å². The van der Waals surface area contributed by atoms with Crippen LogP contribution in [0.1, 0.15) is 27.2 Å². The lowest BCUT2D eigenvalue weighted by molar-refractivity contribution is -0.204. The fourth-order valence-electron chi connectivity index (χ4n) is 1.43. The van der Waals surface area contributed by atoms with Crippen LogP contribution in [0.5, 0.6) is 0 Å². The van der Waals surface area contributed by atoms with Gasteiger partial charge in [0.15, 0.2) is 6.10 Å². The molecular weight excluding hydrogens is 168 g/mol. The molecule has 4 heteroatoms. The number of hydrogen-bond acceptors (Lipinski definition) is 4. The van der Waals surface area contributed by atoms with Gasteiger partial charge in [-0.25, -0.2) is 4.79 Å². The van der Waals surface area contributed by atoms with E-state index in [1.807, 2.05) is 20.8 Å². The van der Waals surface area contributed by atoms with E-state index in [4.69, 9.17) is 10.5 Å². The molecule has 74 valence electrons. The SMILES string of the molecule is C=NC1(N)C(=O)OC1C(C)(C)CC. The van der Waals surface area contributed by atoms with Gasteiger partial charge in [-0.1, -0.05) is 20.8 Å². The molecule has 0 bridgehead atoms. The Bertz CT molecular complexity index is 250. The number of rotatable bonds is 3. The van der Waals surface area contributed by atoms with Crippen molar-refractivity contribution in [2.24, 2.45) is 16.1 Å². The maximum atomic E-state index is 11.1. The Morgan fingerprint density at radius 1 is 1.77 bits per heavy atom. The summed E-state index contributed by atoms with van der Waals surface area (Å²) in [4.78, 5) is 14.7. The van der Waals surface area contributed by atoms with E-state index in [2.05, 4.69) is 11.7 Å². The average molecular weight is 184 g/mol. The number of nitrogens with zero attached hydrogens (tertiary/aromatic N) is 1. The number of hydrogen-bond donors (Lipinski definition) is 1. The van der Waals surface area contributed by atoms with Crippen LogP contribution in [0.3, 0.4) is 0 Å². The first-order valence-electron chi connectivity index (χ1n) is 4.36. The fourth-order valence-corrected chi connectivity index (χ4v) is 1.43. The third-order valence-electron chi connectivity index (χ3n) is 2.83. The maximum Gasteiger partial charge on any atom is 0.353 e. The van der Waals surface area contributed by atoms with Crippen LogP contribution in [0.4, 0.5) is 0 Å². The van der Waals surface area contributed by atoms with Crippen LogP contribution in [-0.4, -0.2) is 24.5 Å². The van der Waals surface area contributed by atoms with Gasteiger partial charge in [0.2, 0.25) is 5.66 Å². The molecule has 2 atom stereocenters. The van der Waals surface area contributed by atoms with Crippen LogP contribution >= 0.6 is 0 Å². The van der Waals surface area contributed by atoms with E-state index in [0.717, 1.165) is 6.42 Å². The molecule has 2 unspecified atom stereocenters. The van der Waals surface area contributed by atoms with Gasteiger partial charge in [-0.3, -0.25) is 10.7 Å². The molecule has 0 saturated carbocycles. The zero-order valence-corrected chi connectivity index (χ0v) is 8.33. The van der Waals surface area contributed by atoms with Gasteiger partial charge >= 0.3 is 5.97 Å². The van der Waals surface area contributed by atoms with E-state index < -0.39 is 11.6 Å². The first kappa shape index (κ1) is 10.2. The van der Waals surface area contributed by atoms with Crippen LogP contribution in [0, 0.1) is 5.41 Å². The van der Waals surface area contributed by atoms with Gasteiger partial charge in [0.05, 0.1) is 0 Å². The summed E-state index contributed by atoms with van der Waals surface area (Å²) in [7, 11) is 0. The van der Waals surface area contributed by atoms with Gasteiger partial charge in [-0.15, -0.1) is 0 Å². The minimum Gasteiger partial charge on any atom is -0.454 e. The molecule has 1 aliphatic heterocycles. The molecule has 0 radical (unpaired) electrons. The Kier molecular flexibility index (Phi) is 2.20. The molecule has 1 saturated heterocycles. The smallest absolute Gasteiger partial charge is 0.353 e. The molecule has 1 aliphatic rings. The van der Waals surface area contributed by atoms with Crippen LogP contribution in [-0.2, 0) is 9.53 Å². The summed E-state index contributed by atoms with van der Waals surface area (Å²) < 4.78 is 5.00. The molecule has 0 aromatic rings. The summed E-state index contributed by atoms with van der Waals surface area (Å²) in [6, 6.07) is 0. The van der Waals surface area contributed by atoms with Crippen molar-refractivity contribution in [3.05, 3.63) is 0 Å². The second kappa shape index (κ2) is 2.80. The summed E-state index contributed by atoms with van der Waals surface area (Å²) in [5.74, 6) is -0.478. The third-order valence-corrected chi connectivity index (χ3v) is 2.83. The third kappa shape index (κ3) is 1.25. The number of carbonyl (C=O) groups is 1. The van der Waals surface area contributed by atoms with Crippen molar-refractivity contribution in [1.29, 1.82) is 0 Å². The van der Waals surface area contributed by atoms with Crippen molar-refractivity contribution in [3.8, 4) is 0 Å². The molecule has 1 rings (SSSR count). The maximum absolute atomic E-state index is 11.1. The molecule has 1 fully saturated rings. The second-order valence-electron chi connectivity index (χ2n) is 4.11. The molecule has 0 aromatic carbocycles. The predicted molar refractivity (Wildman–Crippen MR) is 50.4 cm³/mol. The van der Waals surface area contributed by atoms with Crippen LogP contribution in [0.25, 0.3) is 0 Å². The minimum atomic E-state index is -1.22. The van der Waals surface area contributed by atoms with Crippen LogP contribution in [0.2, 0.25) is 0 Å². The van der Waals surface area contributed by atoms with Gasteiger partial charge in [-0.2, -0.15) is 0 Å². The highest BCUT2D eigenvalue weighted by atomic mass is 16.6. The van der Waals surface area contributed by atoms with Gasteiger partial charge in [0.25, 0.3) is 0 Å². The van der Waals surface area contributed by atoms with Crippen molar-refractivity contribution in [2.45, 2.75) is 39.0 Å². The lowest BCUT2D eigenvalue weighted by atomic mass is 9.75. The zero-order chi connectivity index (χ0) is 10.3. The molecule has 2 N–H and O–H groups in total. The summed E-state index contributed by atoms with van der Waals surface area (Å²) in [6.07, 6.45) is 0.523. The van der Waals surface area contributed by atoms with E-state index in [1.165, 1.54) is 0 Å². The molecule has 0 spiro atoms. The highest BCUT2D eigenvalue weighted by Crippen LogP contribution is 2.40. The lowest BCUT2D eigenvalue weighted by Crippen LogP contribution is -2.71. The summed E-state index contributed by atoms with van der Waals surface area (Å²) in [5, 5.41) is 0.